The van der Waals surface area contributed by atoms with Crippen molar-refractivity contribution in [3.63, 3.8) is 0 Å². The first-order valence-electron chi connectivity index (χ1n) is 4.85. The molecule has 1 heterocycles. The lowest BCUT2D eigenvalue weighted by molar-refractivity contribution is 0.210. The topological polar surface area (TPSA) is 47.0 Å². The van der Waals surface area contributed by atoms with Crippen molar-refractivity contribution in [3.8, 4) is 0 Å². The summed E-state index contributed by atoms with van der Waals surface area (Å²) >= 11 is 0. The second-order valence-corrected chi connectivity index (χ2v) is 3.16. The highest BCUT2D eigenvalue weighted by Gasteiger charge is 1.97. The third kappa shape index (κ3) is 2.41. The van der Waals surface area contributed by atoms with E-state index in [0.717, 1.165) is 23.4 Å². The number of nitrogens with one attached hydrogen (secondary N) is 1. The van der Waals surface area contributed by atoms with E-state index in [1.54, 1.807) is 13.3 Å². The molecule has 0 aliphatic rings. The minimum absolute atomic E-state index is 0.661. The molecule has 0 atom stereocenters. The third-order valence-electron chi connectivity index (χ3n) is 2.06. The molecule has 4 nitrogen and oxygen atoms in total. The van der Waals surface area contributed by atoms with Crippen LogP contribution in [0.1, 0.15) is 0 Å². The summed E-state index contributed by atoms with van der Waals surface area (Å²) in [6.07, 6.45) is 1.73. The molecule has 0 amide bonds. The van der Waals surface area contributed by atoms with E-state index in [4.69, 9.17) is 4.74 Å². The van der Waals surface area contributed by atoms with Gasteiger partial charge in [0.1, 0.15) is 5.82 Å². The van der Waals surface area contributed by atoms with Crippen molar-refractivity contribution < 1.29 is 4.74 Å². The second kappa shape index (κ2) is 4.70. The van der Waals surface area contributed by atoms with Crippen molar-refractivity contribution in [2.75, 3.05) is 25.6 Å². The number of para-hydroxylation sites is 2. The van der Waals surface area contributed by atoms with Crippen molar-refractivity contribution in [3.05, 3.63) is 30.5 Å². The number of hydrogen-bond donors (Lipinski definition) is 1. The number of rotatable bonds is 4. The zero-order chi connectivity index (χ0) is 10.5. The normalized spacial score (nSPS) is 10.5. The van der Waals surface area contributed by atoms with Gasteiger partial charge in [-0.3, -0.25) is 4.98 Å². The second-order valence-electron chi connectivity index (χ2n) is 3.16. The van der Waals surface area contributed by atoms with Crippen LogP contribution in [-0.2, 0) is 4.74 Å². The van der Waals surface area contributed by atoms with E-state index in [-0.39, 0.29) is 0 Å². The minimum Gasteiger partial charge on any atom is -0.383 e. The molecule has 0 unspecified atom stereocenters. The van der Waals surface area contributed by atoms with E-state index in [9.17, 15) is 0 Å². The van der Waals surface area contributed by atoms with Crippen LogP contribution in [0.3, 0.4) is 0 Å². The first-order valence-corrected chi connectivity index (χ1v) is 4.85. The fourth-order valence-corrected chi connectivity index (χ4v) is 1.32. The van der Waals surface area contributed by atoms with Crippen LogP contribution in [0.2, 0.25) is 0 Å². The zero-order valence-corrected chi connectivity index (χ0v) is 8.60. The summed E-state index contributed by atoms with van der Waals surface area (Å²) in [7, 11) is 1.67. The van der Waals surface area contributed by atoms with Gasteiger partial charge in [0.05, 0.1) is 23.8 Å². The summed E-state index contributed by atoms with van der Waals surface area (Å²) in [5.41, 5.74) is 1.81. The average Bonchev–Trinajstić information content (AvgIpc) is 2.29. The maximum Gasteiger partial charge on any atom is 0.145 e. The molecule has 0 saturated heterocycles. The summed E-state index contributed by atoms with van der Waals surface area (Å²) in [6.45, 7) is 1.40. The largest absolute Gasteiger partial charge is 0.383 e. The van der Waals surface area contributed by atoms with E-state index < -0.39 is 0 Å². The SMILES string of the molecule is COCCNc1cnc2ccccc2n1. The Balaban J connectivity index is 2.16. The van der Waals surface area contributed by atoms with Crippen molar-refractivity contribution in [1.29, 1.82) is 0 Å². The van der Waals surface area contributed by atoms with Crippen LogP contribution in [0.4, 0.5) is 5.82 Å². The van der Waals surface area contributed by atoms with E-state index >= 15 is 0 Å². The van der Waals surface area contributed by atoms with Gasteiger partial charge in [0.15, 0.2) is 0 Å². The Morgan fingerprint density at radius 1 is 1.27 bits per heavy atom. The van der Waals surface area contributed by atoms with Gasteiger partial charge < -0.3 is 10.1 Å². The number of anilines is 1. The fraction of sp³-hybridized carbons (Fsp3) is 0.273. The summed E-state index contributed by atoms with van der Waals surface area (Å²) < 4.78 is 4.94. The maximum atomic E-state index is 4.94. The van der Waals surface area contributed by atoms with Gasteiger partial charge in [-0.15, -0.1) is 0 Å². The predicted molar refractivity (Wildman–Crippen MR) is 59.9 cm³/mol. The van der Waals surface area contributed by atoms with Crippen LogP contribution in [0, 0.1) is 0 Å². The molecule has 1 aromatic carbocycles. The molecular formula is C11H13N3O. The Hall–Kier alpha value is -1.68. The Labute approximate surface area is 88.3 Å². The molecule has 1 aromatic heterocycles. The molecule has 78 valence electrons. The molecule has 2 aromatic rings. The van der Waals surface area contributed by atoms with E-state index in [0.29, 0.717) is 6.61 Å². The van der Waals surface area contributed by atoms with Crippen molar-refractivity contribution in [2.24, 2.45) is 0 Å². The van der Waals surface area contributed by atoms with Gasteiger partial charge >= 0.3 is 0 Å². The molecule has 4 heteroatoms. The highest BCUT2D eigenvalue weighted by Crippen LogP contribution is 2.10. The molecule has 0 bridgehead atoms. The maximum absolute atomic E-state index is 4.94. The molecule has 0 spiro atoms. The summed E-state index contributed by atoms with van der Waals surface area (Å²) in [6, 6.07) is 7.80. The molecule has 0 aliphatic carbocycles. The highest BCUT2D eigenvalue weighted by atomic mass is 16.5. The zero-order valence-electron chi connectivity index (χ0n) is 8.60. The third-order valence-corrected chi connectivity index (χ3v) is 2.06. The smallest absolute Gasteiger partial charge is 0.145 e. The van der Waals surface area contributed by atoms with E-state index in [1.807, 2.05) is 24.3 Å². The van der Waals surface area contributed by atoms with Gasteiger partial charge in [-0.05, 0) is 12.1 Å². The molecule has 0 aliphatic heterocycles. The lowest BCUT2D eigenvalue weighted by atomic mass is 10.3. The predicted octanol–water partition coefficient (Wildman–Crippen LogP) is 1.69. The average molecular weight is 203 g/mol. The fourth-order valence-electron chi connectivity index (χ4n) is 1.32. The van der Waals surface area contributed by atoms with Crippen LogP contribution in [-0.4, -0.2) is 30.2 Å². The summed E-state index contributed by atoms with van der Waals surface area (Å²) in [5, 5.41) is 3.14. The van der Waals surface area contributed by atoms with Gasteiger partial charge in [0, 0.05) is 13.7 Å². The van der Waals surface area contributed by atoms with Gasteiger partial charge in [0.2, 0.25) is 0 Å². The lowest BCUT2D eigenvalue weighted by Crippen LogP contribution is -2.08. The number of fused-ring (bicyclic) bond motifs is 1. The van der Waals surface area contributed by atoms with Gasteiger partial charge in [0.25, 0.3) is 0 Å². The highest BCUT2D eigenvalue weighted by molar-refractivity contribution is 5.75. The number of aromatic nitrogens is 2. The standard InChI is InChI=1S/C11H13N3O/c1-15-7-6-12-11-8-13-9-4-2-3-5-10(9)14-11/h2-5,8H,6-7H2,1H3,(H,12,14). The Kier molecular flexibility index (Phi) is 3.09. The number of ether oxygens (including phenoxy) is 1. The van der Waals surface area contributed by atoms with Crippen LogP contribution in [0.15, 0.2) is 30.5 Å². The summed E-state index contributed by atoms with van der Waals surface area (Å²) in [5.74, 6) is 0.783. The van der Waals surface area contributed by atoms with Crippen LogP contribution in [0.5, 0.6) is 0 Å². The first kappa shape index (κ1) is 9.86. The number of methoxy groups -OCH3 is 1. The Morgan fingerprint density at radius 3 is 2.87 bits per heavy atom. The first-order chi connectivity index (χ1) is 7.40. The molecule has 0 saturated carbocycles. The number of hydrogen-bond acceptors (Lipinski definition) is 4. The number of benzene rings is 1. The molecule has 0 fully saturated rings. The minimum atomic E-state index is 0.661. The van der Waals surface area contributed by atoms with Crippen LogP contribution >= 0.6 is 0 Å². The van der Waals surface area contributed by atoms with Gasteiger partial charge in [-0.2, -0.15) is 0 Å². The molecule has 1 N–H and O–H groups in total. The number of nitrogens with zero attached hydrogens (tertiary/aromatic N) is 2. The molecule has 0 radical (unpaired) electrons. The van der Waals surface area contributed by atoms with E-state index in [2.05, 4.69) is 15.3 Å². The van der Waals surface area contributed by atoms with Gasteiger partial charge in [-0.25, -0.2) is 4.98 Å². The molecular weight excluding hydrogens is 190 g/mol. The van der Waals surface area contributed by atoms with Gasteiger partial charge in [-0.1, -0.05) is 12.1 Å². The quantitative estimate of drug-likeness (QED) is 0.768. The Morgan fingerprint density at radius 2 is 2.07 bits per heavy atom. The lowest BCUT2D eigenvalue weighted by Gasteiger charge is -2.04. The monoisotopic (exact) mass is 203 g/mol. The van der Waals surface area contributed by atoms with Crippen molar-refractivity contribution in [2.45, 2.75) is 0 Å². The molecule has 15 heavy (non-hydrogen) atoms. The molecule has 2 rings (SSSR count). The van der Waals surface area contributed by atoms with E-state index in [1.165, 1.54) is 0 Å². The summed E-state index contributed by atoms with van der Waals surface area (Å²) in [4.78, 5) is 8.71. The van der Waals surface area contributed by atoms with Crippen LogP contribution < -0.4 is 5.32 Å². The van der Waals surface area contributed by atoms with Crippen molar-refractivity contribution >= 4 is 16.9 Å². The van der Waals surface area contributed by atoms with Crippen molar-refractivity contribution in [1.82, 2.24) is 9.97 Å². The Bertz CT molecular complexity index is 445. The van der Waals surface area contributed by atoms with Crippen LogP contribution in [0.25, 0.3) is 11.0 Å².